The molecule has 0 amide bonds. The van der Waals surface area contributed by atoms with Crippen molar-refractivity contribution in [1.29, 1.82) is 0 Å². The van der Waals surface area contributed by atoms with E-state index in [1.807, 2.05) is 0 Å². The lowest BCUT2D eigenvalue weighted by Crippen LogP contribution is -2.24. The molecule has 7 heteroatoms. The largest absolute Gasteiger partial charge is 0.573 e. The van der Waals surface area contributed by atoms with E-state index in [0.29, 0.717) is 0 Å². The molecule has 0 unspecified atom stereocenters. The Hall–Kier alpha value is -2.36. The predicted molar refractivity (Wildman–Crippen MR) is 62.1 cm³/mol. The Morgan fingerprint density at radius 2 is 2.11 bits per heavy atom. The van der Waals surface area contributed by atoms with Gasteiger partial charge in [0.25, 0.3) is 0 Å². The number of nitrogens with zero attached hydrogens (tertiary/aromatic N) is 1. The summed E-state index contributed by atoms with van der Waals surface area (Å²) in [6, 6.07) is 5.46. The second-order valence-electron chi connectivity index (χ2n) is 3.07. The molecule has 0 fully saturated rings. The highest BCUT2D eigenvalue weighted by molar-refractivity contribution is 5.93. The van der Waals surface area contributed by atoms with E-state index < -0.39 is 12.1 Å². The molecule has 0 aliphatic carbocycles. The molecule has 18 heavy (non-hydrogen) atoms. The van der Waals surface area contributed by atoms with Crippen LogP contribution in [0.1, 0.15) is 0 Å². The first kappa shape index (κ1) is 13.7. The highest BCUT2D eigenvalue weighted by atomic mass is 19.4. The van der Waals surface area contributed by atoms with Gasteiger partial charge in [-0.25, -0.2) is 4.99 Å². The smallest absolute Gasteiger partial charge is 0.404 e. The Kier molecular flexibility index (Phi) is 4.43. The van der Waals surface area contributed by atoms with Crippen molar-refractivity contribution in [2.45, 2.75) is 6.36 Å². The third-order valence-corrected chi connectivity index (χ3v) is 1.72. The first-order chi connectivity index (χ1) is 8.42. The third kappa shape index (κ3) is 4.65. The molecular weight excluding hydrogens is 247 g/mol. The minimum Gasteiger partial charge on any atom is -0.404 e. The average Bonchev–Trinajstić information content (AvgIpc) is 2.27. The van der Waals surface area contributed by atoms with Crippen LogP contribution < -0.4 is 15.8 Å². The molecule has 0 aromatic heterocycles. The predicted octanol–water partition coefficient (Wildman–Crippen LogP) is 1.95. The number of halogens is 3. The SMILES string of the molecule is C#CCN=C(N)Nc1ccccc1OC(F)(F)F. The number of para-hydroxylation sites is 2. The molecule has 0 aliphatic heterocycles. The number of rotatable bonds is 3. The zero-order chi connectivity index (χ0) is 13.6. The van der Waals surface area contributed by atoms with Gasteiger partial charge in [0.1, 0.15) is 6.54 Å². The van der Waals surface area contributed by atoms with E-state index in [2.05, 4.69) is 21.0 Å². The average molecular weight is 257 g/mol. The highest BCUT2D eigenvalue weighted by Crippen LogP contribution is 2.29. The normalized spacial score (nSPS) is 11.8. The van der Waals surface area contributed by atoms with Crippen LogP contribution in [-0.4, -0.2) is 18.9 Å². The van der Waals surface area contributed by atoms with E-state index >= 15 is 0 Å². The van der Waals surface area contributed by atoms with E-state index in [1.165, 1.54) is 18.2 Å². The molecule has 96 valence electrons. The summed E-state index contributed by atoms with van der Waals surface area (Å²) in [5.41, 5.74) is 5.48. The fourth-order valence-corrected chi connectivity index (χ4v) is 1.09. The summed E-state index contributed by atoms with van der Waals surface area (Å²) in [6.07, 6.45) is 0.194. The Labute approximate surface area is 102 Å². The number of hydrogen-bond acceptors (Lipinski definition) is 2. The van der Waals surface area contributed by atoms with Crippen molar-refractivity contribution in [3.8, 4) is 18.1 Å². The fourth-order valence-electron chi connectivity index (χ4n) is 1.09. The van der Waals surface area contributed by atoms with Crippen LogP contribution in [0.15, 0.2) is 29.3 Å². The molecule has 1 rings (SSSR count). The number of benzene rings is 1. The summed E-state index contributed by atoms with van der Waals surface area (Å²) in [5, 5.41) is 2.48. The zero-order valence-corrected chi connectivity index (χ0v) is 9.16. The van der Waals surface area contributed by atoms with Gasteiger partial charge in [0, 0.05) is 0 Å². The maximum absolute atomic E-state index is 12.1. The molecule has 1 aromatic rings. The summed E-state index contributed by atoms with van der Waals surface area (Å²) in [7, 11) is 0. The number of guanidine groups is 1. The van der Waals surface area contributed by atoms with E-state index in [1.54, 1.807) is 0 Å². The molecule has 0 saturated carbocycles. The number of alkyl halides is 3. The van der Waals surface area contributed by atoms with Gasteiger partial charge in [-0.05, 0) is 12.1 Å². The molecule has 0 aliphatic rings. The van der Waals surface area contributed by atoms with Crippen LogP contribution >= 0.6 is 0 Å². The van der Waals surface area contributed by atoms with Crippen LogP contribution in [0.4, 0.5) is 18.9 Å². The number of terminal acetylenes is 1. The van der Waals surface area contributed by atoms with Crippen molar-refractivity contribution in [3.05, 3.63) is 24.3 Å². The maximum Gasteiger partial charge on any atom is 0.573 e. The second-order valence-corrected chi connectivity index (χ2v) is 3.07. The van der Waals surface area contributed by atoms with Gasteiger partial charge in [-0.15, -0.1) is 19.6 Å². The standard InChI is InChI=1S/C11H10F3N3O/c1-2-7-16-10(15)17-8-5-3-4-6-9(8)18-11(12,13)14/h1,3-6H,7H2,(H3,15,16,17). The first-order valence-electron chi connectivity index (χ1n) is 4.77. The minimum atomic E-state index is -4.78. The van der Waals surface area contributed by atoms with Crippen LogP contribution in [0.25, 0.3) is 0 Å². The van der Waals surface area contributed by atoms with Crippen molar-refractivity contribution in [2.75, 3.05) is 11.9 Å². The van der Waals surface area contributed by atoms with Gasteiger partial charge in [0.2, 0.25) is 0 Å². The molecule has 0 radical (unpaired) electrons. The van der Waals surface area contributed by atoms with Crippen LogP contribution in [-0.2, 0) is 0 Å². The fraction of sp³-hybridized carbons (Fsp3) is 0.182. The number of ether oxygens (including phenoxy) is 1. The summed E-state index contributed by atoms with van der Waals surface area (Å²) in [4.78, 5) is 3.69. The number of anilines is 1. The summed E-state index contributed by atoms with van der Waals surface area (Å²) >= 11 is 0. The van der Waals surface area contributed by atoms with Gasteiger partial charge in [0.05, 0.1) is 5.69 Å². The number of aliphatic imine (C=N–C) groups is 1. The monoisotopic (exact) mass is 257 g/mol. The summed E-state index contributed by atoms with van der Waals surface area (Å²) in [5.74, 6) is 1.73. The van der Waals surface area contributed by atoms with E-state index in [0.717, 1.165) is 6.07 Å². The molecule has 0 spiro atoms. The molecule has 1 aromatic carbocycles. The van der Waals surface area contributed by atoms with Crippen LogP contribution in [0.2, 0.25) is 0 Å². The maximum atomic E-state index is 12.1. The van der Waals surface area contributed by atoms with Gasteiger partial charge < -0.3 is 15.8 Å². The van der Waals surface area contributed by atoms with Gasteiger partial charge in [-0.3, -0.25) is 0 Å². The Morgan fingerprint density at radius 3 is 2.72 bits per heavy atom. The lowest BCUT2D eigenvalue weighted by molar-refractivity contribution is -0.274. The molecule has 0 atom stereocenters. The molecule has 0 heterocycles. The molecule has 0 bridgehead atoms. The van der Waals surface area contributed by atoms with Gasteiger partial charge in [-0.2, -0.15) is 0 Å². The molecular formula is C11H10F3N3O. The third-order valence-electron chi connectivity index (χ3n) is 1.72. The van der Waals surface area contributed by atoms with Crippen LogP contribution in [0.5, 0.6) is 5.75 Å². The Morgan fingerprint density at radius 1 is 1.44 bits per heavy atom. The van der Waals surface area contributed by atoms with E-state index in [4.69, 9.17) is 12.2 Å². The lowest BCUT2D eigenvalue weighted by atomic mass is 10.3. The number of hydrogen-bond donors (Lipinski definition) is 2. The second kappa shape index (κ2) is 5.82. The quantitative estimate of drug-likeness (QED) is 0.494. The van der Waals surface area contributed by atoms with Crippen molar-refractivity contribution in [3.63, 3.8) is 0 Å². The lowest BCUT2D eigenvalue weighted by Gasteiger charge is -2.13. The molecule has 3 N–H and O–H groups in total. The Bertz CT molecular complexity index is 477. The first-order valence-corrected chi connectivity index (χ1v) is 4.77. The number of nitrogens with two attached hydrogens (primary N) is 1. The van der Waals surface area contributed by atoms with E-state index in [-0.39, 0.29) is 18.2 Å². The van der Waals surface area contributed by atoms with Crippen LogP contribution in [0.3, 0.4) is 0 Å². The van der Waals surface area contributed by atoms with Crippen molar-refractivity contribution < 1.29 is 17.9 Å². The minimum absolute atomic E-state index is 0.0289. The number of nitrogens with one attached hydrogen (secondary N) is 1. The molecule has 4 nitrogen and oxygen atoms in total. The van der Waals surface area contributed by atoms with Crippen molar-refractivity contribution in [1.82, 2.24) is 0 Å². The van der Waals surface area contributed by atoms with E-state index in [9.17, 15) is 13.2 Å². The van der Waals surface area contributed by atoms with Gasteiger partial charge in [0.15, 0.2) is 11.7 Å². The van der Waals surface area contributed by atoms with Gasteiger partial charge >= 0.3 is 6.36 Å². The van der Waals surface area contributed by atoms with Crippen molar-refractivity contribution >= 4 is 11.6 Å². The van der Waals surface area contributed by atoms with Gasteiger partial charge in [-0.1, -0.05) is 18.1 Å². The Balaban J connectivity index is 2.86. The summed E-state index contributed by atoms with van der Waals surface area (Å²) in [6.45, 7) is 0.0289. The topological polar surface area (TPSA) is 59.6 Å². The van der Waals surface area contributed by atoms with Crippen molar-refractivity contribution in [2.24, 2.45) is 10.7 Å². The van der Waals surface area contributed by atoms with Crippen LogP contribution in [0, 0.1) is 12.3 Å². The highest BCUT2D eigenvalue weighted by Gasteiger charge is 2.32. The molecule has 0 saturated heterocycles. The zero-order valence-electron chi connectivity index (χ0n) is 9.16. The summed E-state index contributed by atoms with van der Waals surface area (Å²) < 4.78 is 40.2.